The molecule has 1 saturated heterocycles. The normalized spacial score (nSPS) is 20.0. The Balaban J connectivity index is 1.78. The molecule has 1 atom stereocenters. The zero-order chi connectivity index (χ0) is 19.8. The van der Waals surface area contributed by atoms with Crippen LogP contribution in [0.4, 0.5) is 4.79 Å². The van der Waals surface area contributed by atoms with Crippen molar-refractivity contribution < 1.29 is 14.1 Å². The predicted octanol–water partition coefficient (Wildman–Crippen LogP) is 3.36. The Labute approximate surface area is 159 Å². The van der Waals surface area contributed by atoms with Crippen LogP contribution >= 0.6 is 0 Å². The Morgan fingerprint density at radius 3 is 2.41 bits per heavy atom. The van der Waals surface area contributed by atoms with Crippen LogP contribution in [0.5, 0.6) is 0 Å². The van der Waals surface area contributed by atoms with Gasteiger partial charge in [0.2, 0.25) is 5.89 Å². The Bertz CT molecular complexity index is 841. The largest absolute Gasteiger partial charge is 0.337 e. The van der Waals surface area contributed by atoms with E-state index in [0.717, 1.165) is 10.5 Å². The van der Waals surface area contributed by atoms with E-state index in [9.17, 15) is 9.59 Å². The summed E-state index contributed by atoms with van der Waals surface area (Å²) in [6.45, 7) is 10.0. The van der Waals surface area contributed by atoms with E-state index in [1.54, 1.807) is 6.92 Å². The Morgan fingerprint density at radius 1 is 1.15 bits per heavy atom. The number of hydrogen-bond acceptors (Lipinski definition) is 5. The molecule has 2 heterocycles. The van der Waals surface area contributed by atoms with E-state index < -0.39 is 11.6 Å². The molecule has 2 aromatic rings. The lowest BCUT2D eigenvalue weighted by Gasteiger charge is -2.22. The molecule has 3 rings (SSSR count). The van der Waals surface area contributed by atoms with Crippen molar-refractivity contribution in [3.63, 3.8) is 0 Å². The molecule has 1 aliphatic heterocycles. The molecule has 1 aliphatic rings. The lowest BCUT2D eigenvalue weighted by atomic mass is 9.90. The number of aromatic nitrogens is 2. The summed E-state index contributed by atoms with van der Waals surface area (Å²) >= 11 is 0. The SMILES string of the molecule is CC(C)Cc1noc(CN2C(=O)NC(C)(c3ccc(C(C)C)cc3)C2=O)n1. The zero-order valence-electron chi connectivity index (χ0n) is 16.4. The molecule has 1 aromatic heterocycles. The fourth-order valence-electron chi connectivity index (χ4n) is 3.18. The minimum Gasteiger partial charge on any atom is -0.337 e. The lowest BCUT2D eigenvalue weighted by Crippen LogP contribution is -2.40. The summed E-state index contributed by atoms with van der Waals surface area (Å²) in [6, 6.07) is 7.31. The first-order chi connectivity index (χ1) is 12.7. The molecule has 0 aliphatic carbocycles. The van der Waals surface area contributed by atoms with Crippen LogP contribution in [0.1, 0.15) is 63.4 Å². The van der Waals surface area contributed by atoms with Gasteiger partial charge in [0.15, 0.2) is 5.82 Å². The maximum Gasteiger partial charge on any atom is 0.325 e. The third-order valence-corrected chi connectivity index (χ3v) is 4.82. The van der Waals surface area contributed by atoms with Gasteiger partial charge in [0.1, 0.15) is 12.1 Å². The maximum atomic E-state index is 13.0. The number of nitrogens with zero attached hydrogens (tertiary/aromatic N) is 3. The first-order valence-electron chi connectivity index (χ1n) is 9.26. The second-order valence-electron chi connectivity index (χ2n) is 7.93. The number of rotatable bonds is 6. The van der Waals surface area contributed by atoms with Gasteiger partial charge in [0.25, 0.3) is 5.91 Å². The van der Waals surface area contributed by atoms with E-state index in [4.69, 9.17) is 4.52 Å². The maximum absolute atomic E-state index is 13.0. The van der Waals surface area contributed by atoms with Crippen molar-refractivity contribution in [1.29, 1.82) is 0 Å². The number of urea groups is 1. The van der Waals surface area contributed by atoms with Crippen molar-refractivity contribution in [1.82, 2.24) is 20.4 Å². The van der Waals surface area contributed by atoms with Crippen molar-refractivity contribution in [2.45, 2.75) is 59.0 Å². The number of hydrogen-bond donors (Lipinski definition) is 1. The summed E-state index contributed by atoms with van der Waals surface area (Å²) in [4.78, 5) is 30.9. The van der Waals surface area contributed by atoms with E-state index in [2.05, 4.69) is 43.2 Å². The summed E-state index contributed by atoms with van der Waals surface area (Å²) in [5, 5.41) is 6.72. The number of imide groups is 1. The van der Waals surface area contributed by atoms with Crippen molar-refractivity contribution in [3.8, 4) is 0 Å². The average Bonchev–Trinajstić information content (AvgIpc) is 3.13. The van der Waals surface area contributed by atoms with Crippen LogP contribution in [0.25, 0.3) is 0 Å². The van der Waals surface area contributed by atoms with Gasteiger partial charge >= 0.3 is 6.03 Å². The summed E-state index contributed by atoms with van der Waals surface area (Å²) < 4.78 is 5.21. The fourth-order valence-corrected chi connectivity index (χ4v) is 3.18. The van der Waals surface area contributed by atoms with Crippen LogP contribution in [0.15, 0.2) is 28.8 Å². The summed E-state index contributed by atoms with van der Waals surface area (Å²) in [7, 11) is 0. The second-order valence-corrected chi connectivity index (χ2v) is 7.93. The van der Waals surface area contributed by atoms with E-state index in [1.165, 1.54) is 5.56 Å². The molecule has 1 fully saturated rings. The van der Waals surface area contributed by atoms with Gasteiger partial charge in [-0.15, -0.1) is 0 Å². The van der Waals surface area contributed by atoms with Crippen LogP contribution in [0.3, 0.4) is 0 Å². The summed E-state index contributed by atoms with van der Waals surface area (Å²) in [6.07, 6.45) is 0.684. The highest BCUT2D eigenvalue weighted by atomic mass is 16.5. The van der Waals surface area contributed by atoms with Crippen LogP contribution in [-0.4, -0.2) is 27.0 Å². The minimum atomic E-state index is -1.10. The predicted molar refractivity (Wildman–Crippen MR) is 99.8 cm³/mol. The van der Waals surface area contributed by atoms with Crippen molar-refractivity contribution in [2.24, 2.45) is 5.92 Å². The van der Waals surface area contributed by atoms with Gasteiger partial charge in [-0.2, -0.15) is 4.98 Å². The van der Waals surface area contributed by atoms with Gasteiger partial charge < -0.3 is 9.84 Å². The summed E-state index contributed by atoms with van der Waals surface area (Å²) in [5.41, 5.74) is 0.825. The highest BCUT2D eigenvalue weighted by molar-refractivity contribution is 6.07. The highest BCUT2D eigenvalue weighted by Crippen LogP contribution is 2.30. The van der Waals surface area contributed by atoms with Crippen molar-refractivity contribution in [2.75, 3.05) is 0 Å². The van der Waals surface area contributed by atoms with Crippen LogP contribution in [0.2, 0.25) is 0 Å². The highest BCUT2D eigenvalue weighted by Gasteiger charge is 2.49. The van der Waals surface area contributed by atoms with Gasteiger partial charge in [0.05, 0.1) is 0 Å². The van der Waals surface area contributed by atoms with Gasteiger partial charge in [0, 0.05) is 6.42 Å². The van der Waals surface area contributed by atoms with Gasteiger partial charge in [-0.05, 0) is 29.9 Å². The van der Waals surface area contributed by atoms with Crippen molar-refractivity contribution in [3.05, 3.63) is 47.1 Å². The standard InChI is InChI=1S/C20H26N4O3/c1-12(2)10-16-21-17(27-23-16)11-24-18(25)20(5,22-19(24)26)15-8-6-14(7-9-15)13(3)4/h6-9,12-13H,10-11H2,1-5H3,(H,22,26). The number of nitrogens with one attached hydrogen (secondary N) is 1. The molecular weight excluding hydrogens is 344 g/mol. The summed E-state index contributed by atoms with van der Waals surface area (Å²) in [5.74, 6) is 1.31. The third kappa shape index (κ3) is 3.72. The molecule has 1 aromatic carbocycles. The van der Waals surface area contributed by atoms with E-state index >= 15 is 0 Å². The van der Waals surface area contributed by atoms with Gasteiger partial charge in [-0.25, -0.2) is 4.79 Å². The topological polar surface area (TPSA) is 88.3 Å². The number of carbonyl (C=O) groups is 2. The van der Waals surface area contributed by atoms with E-state index in [1.807, 2.05) is 24.3 Å². The Morgan fingerprint density at radius 2 is 1.81 bits per heavy atom. The van der Waals surface area contributed by atoms with Crippen LogP contribution < -0.4 is 5.32 Å². The lowest BCUT2D eigenvalue weighted by molar-refractivity contribution is -0.131. The molecule has 0 spiro atoms. The molecule has 0 radical (unpaired) electrons. The molecule has 7 heteroatoms. The smallest absolute Gasteiger partial charge is 0.325 e. The number of benzene rings is 1. The molecule has 144 valence electrons. The molecule has 3 amide bonds. The third-order valence-electron chi connectivity index (χ3n) is 4.82. The van der Waals surface area contributed by atoms with Crippen molar-refractivity contribution >= 4 is 11.9 Å². The number of carbonyl (C=O) groups excluding carboxylic acids is 2. The first kappa shape index (κ1) is 19.1. The monoisotopic (exact) mass is 370 g/mol. The number of amides is 3. The molecule has 1 unspecified atom stereocenters. The second kappa shape index (κ2) is 7.13. The minimum absolute atomic E-state index is 0.0323. The molecule has 0 bridgehead atoms. The molecule has 0 saturated carbocycles. The first-order valence-corrected chi connectivity index (χ1v) is 9.26. The van der Waals surface area contributed by atoms with E-state index in [0.29, 0.717) is 24.1 Å². The molecule has 7 nitrogen and oxygen atoms in total. The average molecular weight is 370 g/mol. The van der Waals surface area contributed by atoms with Crippen LogP contribution in [-0.2, 0) is 23.3 Å². The molecular formula is C20H26N4O3. The Kier molecular flexibility index (Phi) is 5.04. The zero-order valence-corrected chi connectivity index (χ0v) is 16.4. The van der Waals surface area contributed by atoms with Crippen LogP contribution in [0, 0.1) is 5.92 Å². The van der Waals surface area contributed by atoms with Gasteiger partial charge in [-0.3, -0.25) is 9.69 Å². The molecule has 27 heavy (non-hydrogen) atoms. The quantitative estimate of drug-likeness (QED) is 0.788. The molecule has 1 N–H and O–H groups in total. The van der Waals surface area contributed by atoms with E-state index in [-0.39, 0.29) is 18.3 Å². The Hall–Kier alpha value is -2.70. The van der Waals surface area contributed by atoms with Gasteiger partial charge in [-0.1, -0.05) is 57.1 Å². The fraction of sp³-hybridized carbons (Fsp3) is 0.500.